The average molecular weight is 319 g/mol. The number of hydrogen-bond acceptors (Lipinski definition) is 4. The molecule has 20 heavy (non-hydrogen) atoms. The van der Waals surface area contributed by atoms with E-state index in [1.165, 1.54) is 12.1 Å². The molecule has 1 aliphatic heterocycles. The zero-order chi connectivity index (χ0) is 14.9. The number of rotatable bonds is 3. The number of amides is 1. The average Bonchev–Trinajstić information content (AvgIpc) is 2.73. The van der Waals surface area contributed by atoms with Crippen molar-refractivity contribution in [3.63, 3.8) is 0 Å². The fraction of sp³-hybridized carbons (Fsp3) is 0.462. The summed E-state index contributed by atoms with van der Waals surface area (Å²) < 4.78 is 5.30. The maximum absolute atomic E-state index is 12.0. The monoisotopic (exact) mass is 318 g/mol. The fourth-order valence-corrected chi connectivity index (χ4v) is 2.54. The largest absolute Gasteiger partial charge is 0.396 e. The molecule has 1 aromatic rings. The summed E-state index contributed by atoms with van der Waals surface area (Å²) >= 11 is 11.8. The third kappa shape index (κ3) is 3.01. The lowest BCUT2D eigenvalue weighted by Gasteiger charge is -2.26. The van der Waals surface area contributed by atoms with Crippen LogP contribution in [0, 0.1) is 0 Å². The highest BCUT2D eigenvalue weighted by Crippen LogP contribution is 2.29. The van der Waals surface area contributed by atoms with Gasteiger partial charge in [0.15, 0.2) is 0 Å². The number of anilines is 1. The van der Waals surface area contributed by atoms with E-state index < -0.39 is 5.60 Å². The van der Waals surface area contributed by atoms with Crippen LogP contribution >= 0.6 is 23.2 Å². The molecule has 0 spiro atoms. The number of carbonyl (C=O) groups is 1. The number of hydrogen-bond donors (Lipinski definition) is 3. The third-order valence-electron chi connectivity index (χ3n) is 3.56. The van der Waals surface area contributed by atoms with Gasteiger partial charge in [-0.05, 0) is 19.1 Å². The second-order valence-electron chi connectivity index (χ2n) is 4.90. The normalized spacial score (nSPS) is 25.7. The van der Waals surface area contributed by atoms with E-state index in [0.717, 1.165) is 0 Å². The van der Waals surface area contributed by atoms with Gasteiger partial charge in [0.2, 0.25) is 0 Å². The maximum Gasteiger partial charge on any atom is 0.251 e. The molecule has 7 heteroatoms. The van der Waals surface area contributed by atoms with Gasteiger partial charge in [-0.25, -0.2) is 0 Å². The van der Waals surface area contributed by atoms with E-state index in [1.807, 2.05) is 0 Å². The van der Waals surface area contributed by atoms with Crippen LogP contribution in [0.2, 0.25) is 10.0 Å². The van der Waals surface area contributed by atoms with Crippen molar-refractivity contribution in [2.45, 2.75) is 25.0 Å². The number of carbonyl (C=O) groups excluding carboxylic acids is 1. The van der Waals surface area contributed by atoms with Crippen molar-refractivity contribution in [3.05, 3.63) is 27.7 Å². The second-order valence-corrected chi connectivity index (χ2v) is 5.72. The van der Waals surface area contributed by atoms with Gasteiger partial charge in [0.1, 0.15) is 5.60 Å². The molecule has 0 aliphatic carbocycles. The smallest absolute Gasteiger partial charge is 0.251 e. The molecule has 1 amide bonds. The van der Waals surface area contributed by atoms with Crippen LogP contribution in [0.4, 0.5) is 5.69 Å². The number of nitrogens with two attached hydrogens (primary N) is 1. The van der Waals surface area contributed by atoms with Crippen molar-refractivity contribution in [2.24, 2.45) is 0 Å². The number of benzene rings is 1. The van der Waals surface area contributed by atoms with Crippen LogP contribution in [0.5, 0.6) is 0 Å². The van der Waals surface area contributed by atoms with Gasteiger partial charge < -0.3 is 20.9 Å². The van der Waals surface area contributed by atoms with Gasteiger partial charge in [0.25, 0.3) is 5.91 Å². The molecule has 0 bridgehead atoms. The van der Waals surface area contributed by atoms with Crippen LogP contribution in [0.25, 0.3) is 0 Å². The zero-order valence-electron chi connectivity index (χ0n) is 11.0. The Hall–Kier alpha value is -1.01. The zero-order valence-corrected chi connectivity index (χ0v) is 12.5. The maximum atomic E-state index is 12.0. The van der Waals surface area contributed by atoms with Crippen LogP contribution in [0.15, 0.2) is 12.1 Å². The standard InChI is InChI=1S/C13H16Cl2N2O3/c1-7-13(19,2-3-20-7)6-17-12(18)8-4-9(14)11(16)10(15)5-8/h4-5,7,19H,2-3,6,16H2,1H3,(H,17,18). The number of nitrogens with one attached hydrogen (secondary N) is 1. The summed E-state index contributed by atoms with van der Waals surface area (Å²) in [5.74, 6) is -0.374. The SMILES string of the molecule is CC1OCCC1(O)CNC(=O)c1cc(Cl)c(N)c(Cl)c1. The molecule has 110 valence electrons. The van der Waals surface area contributed by atoms with Gasteiger partial charge in [-0.3, -0.25) is 4.79 Å². The van der Waals surface area contributed by atoms with Crippen molar-refractivity contribution in [1.82, 2.24) is 5.32 Å². The van der Waals surface area contributed by atoms with Gasteiger partial charge in [-0.2, -0.15) is 0 Å². The van der Waals surface area contributed by atoms with Gasteiger partial charge in [-0.15, -0.1) is 0 Å². The van der Waals surface area contributed by atoms with E-state index in [9.17, 15) is 9.90 Å². The molecule has 1 fully saturated rings. The summed E-state index contributed by atoms with van der Waals surface area (Å²) in [5.41, 5.74) is 5.10. The minimum absolute atomic E-state index is 0.104. The van der Waals surface area contributed by atoms with Crippen LogP contribution < -0.4 is 11.1 Å². The van der Waals surface area contributed by atoms with Gasteiger partial charge in [0, 0.05) is 25.1 Å². The first kappa shape index (κ1) is 15.4. The van der Waals surface area contributed by atoms with E-state index >= 15 is 0 Å². The number of ether oxygens (including phenoxy) is 1. The number of aliphatic hydroxyl groups is 1. The molecule has 1 saturated heterocycles. The molecule has 0 aromatic heterocycles. The lowest BCUT2D eigenvalue weighted by molar-refractivity contribution is -0.0251. The molecule has 0 radical (unpaired) electrons. The van der Waals surface area contributed by atoms with Crippen LogP contribution in [0.3, 0.4) is 0 Å². The summed E-state index contributed by atoms with van der Waals surface area (Å²) in [6, 6.07) is 2.88. The van der Waals surface area contributed by atoms with E-state index in [4.69, 9.17) is 33.7 Å². The molecule has 4 N–H and O–H groups in total. The second kappa shape index (κ2) is 5.77. The van der Waals surface area contributed by atoms with E-state index in [-0.39, 0.29) is 34.3 Å². The number of halogens is 2. The Morgan fingerprint density at radius 3 is 2.65 bits per heavy atom. The molecule has 2 rings (SSSR count). The summed E-state index contributed by atoms with van der Waals surface area (Å²) in [6.07, 6.45) is 0.166. The first-order valence-electron chi connectivity index (χ1n) is 6.20. The highest BCUT2D eigenvalue weighted by atomic mass is 35.5. The Balaban J connectivity index is 2.06. The number of nitrogen functional groups attached to an aromatic ring is 1. The minimum atomic E-state index is -1.04. The first-order valence-corrected chi connectivity index (χ1v) is 6.96. The lowest BCUT2D eigenvalue weighted by Crippen LogP contribution is -2.47. The van der Waals surface area contributed by atoms with E-state index in [1.54, 1.807) is 6.92 Å². The van der Waals surface area contributed by atoms with Crippen molar-refractivity contribution >= 4 is 34.8 Å². The summed E-state index contributed by atoms with van der Waals surface area (Å²) in [7, 11) is 0. The molecule has 1 aromatic carbocycles. The molecule has 1 aliphatic rings. The predicted molar refractivity (Wildman–Crippen MR) is 78.2 cm³/mol. The summed E-state index contributed by atoms with van der Waals surface area (Å²) in [5, 5.41) is 13.4. The van der Waals surface area contributed by atoms with Crippen LogP contribution in [-0.4, -0.2) is 35.9 Å². The fourth-order valence-electron chi connectivity index (χ4n) is 2.05. The Labute approximate surface area is 127 Å². The third-order valence-corrected chi connectivity index (χ3v) is 4.18. The molecule has 0 saturated carbocycles. The van der Waals surface area contributed by atoms with Crippen molar-refractivity contribution in [2.75, 3.05) is 18.9 Å². The van der Waals surface area contributed by atoms with E-state index in [0.29, 0.717) is 18.6 Å². The van der Waals surface area contributed by atoms with Gasteiger partial charge in [0.05, 0.1) is 21.8 Å². The van der Waals surface area contributed by atoms with Crippen molar-refractivity contribution < 1.29 is 14.6 Å². The Morgan fingerprint density at radius 2 is 2.15 bits per heavy atom. The molecule has 1 heterocycles. The molecule has 2 unspecified atom stereocenters. The molecule has 5 nitrogen and oxygen atoms in total. The Kier molecular flexibility index (Phi) is 4.44. The predicted octanol–water partition coefficient (Wildman–Crippen LogP) is 1.85. The van der Waals surface area contributed by atoms with Gasteiger partial charge >= 0.3 is 0 Å². The van der Waals surface area contributed by atoms with E-state index in [2.05, 4.69) is 5.32 Å². The van der Waals surface area contributed by atoms with Crippen molar-refractivity contribution in [1.29, 1.82) is 0 Å². The summed E-state index contributed by atoms with van der Waals surface area (Å²) in [6.45, 7) is 2.36. The minimum Gasteiger partial charge on any atom is -0.396 e. The molecular formula is C13H16Cl2N2O3. The molecule has 2 atom stereocenters. The highest BCUT2D eigenvalue weighted by molar-refractivity contribution is 6.39. The highest BCUT2D eigenvalue weighted by Gasteiger charge is 2.39. The quantitative estimate of drug-likeness (QED) is 0.742. The summed E-state index contributed by atoms with van der Waals surface area (Å²) in [4.78, 5) is 12.0. The Bertz CT molecular complexity index is 515. The van der Waals surface area contributed by atoms with Crippen LogP contribution in [-0.2, 0) is 4.74 Å². The Morgan fingerprint density at radius 1 is 1.55 bits per heavy atom. The topological polar surface area (TPSA) is 84.6 Å². The van der Waals surface area contributed by atoms with Crippen molar-refractivity contribution in [3.8, 4) is 0 Å². The molecular weight excluding hydrogens is 303 g/mol. The lowest BCUT2D eigenvalue weighted by atomic mass is 9.96. The van der Waals surface area contributed by atoms with Crippen LogP contribution in [0.1, 0.15) is 23.7 Å². The first-order chi connectivity index (χ1) is 9.33. The van der Waals surface area contributed by atoms with Gasteiger partial charge in [-0.1, -0.05) is 23.2 Å².